The van der Waals surface area contributed by atoms with Crippen LogP contribution in [0, 0.1) is 0 Å². The van der Waals surface area contributed by atoms with Gasteiger partial charge in [-0.2, -0.15) is 0 Å². The lowest BCUT2D eigenvalue weighted by Crippen LogP contribution is -1.98. The molecule has 3 nitrogen and oxygen atoms in total. The van der Waals surface area contributed by atoms with Crippen molar-refractivity contribution < 1.29 is 15.3 Å². The molecule has 2 atom stereocenters. The fraction of sp³-hybridized carbons (Fsp3) is 0.400. The summed E-state index contributed by atoms with van der Waals surface area (Å²) in [5.74, 6) is -0.0978. The van der Waals surface area contributed by atoms with Crippen molar-refractivity contribution in [1.82, 2.24) is 0 Å². The standard InChI is InChI=1S/C10H13ClO3/c1-5(12)8-3-7(11)4-9(6(2)13)10(8)14/h3-6,12-14H,1-2H3. The average Bonchev–Trinajstić information content (AvgIpc) is 2.07. The lowest BCUT2D eigenvalue weighted by Gasteiger charge is -2.14. The zero-order valence-corrected chi connectivity index (χ0v) is 8.78. The van der Waals surface area contributed by atoms with Gasteiger partial charge in [-0.15, -0.1) is 0 Å². The molecule has 1 aromatic rings. The summed E-state index contributed by atoms with van der Waals surface area (Å²) in [6.45, 7) is 3.05. The predicted molar refractivity (Wildman–Crippen MR) is 54.4 cm³/mol. The highest BCUT2D eigenvalue weighted by Gasteiger charge is 2.15. The highest BCUT2D eigenvalue weighted by atomic mass is 35.5. The maximum atomic E-state index is 9.68. The van der Waals surface area contributed by atoms with E-state index in [4.69, 9.17) is 11.6 Å². The topological polar surface area (TPSA) is 60.7 Å². The van der Waals surface area contributed by atoms with Gasteiger partial charge in [0.15, 0.2) is 0 Å². The largest absolute Gasteiger partial charge is 0.507 e. The molecule has 0 spiro atoms. The SMILES string of the molecule is CC(O)c1cc(Cl)cc(C(C)O)c1O. The molecule has 0 fully saturated rings. The number of aliphatic hydroxyl groups is 2. The molecule has 0 bridgehead atoms. The Morgan fingerprint density at radius 1 is 1.07 bits per heavy atom. The van der Waals surface area contributed by atoms with Gasteiger partial charge in [-0.1, -0.05) is 11.6 Å². The van der Waals surface area contributed by atoms with Gasteiger partial charge in [-0.25, -0.2) is 0 Å². The van der Waals surface area contributed by atoms with Crippen LogP contribution in [0.1, 0.15) is 37.2 Å². The molecular weight excluding hydrogens is 204 g/mol. The zero-order chi connectivity index (χ0) is 10.9. The molecule has 1 aromatic carbocycles. The van der Waals surface area contributed by atoms with E-state index in [2.05, 4.69) is 0 Å². The molecule has 4 heteroatoms. The van der Waals surface area contributed by atoms with E-state index in [1.54, 1.807) is 0 Å². The van der Waals surface area contributed by atoms with Crippen LogP contribution in [0.25, 0.3) is 0 Å². The van der Waals surface area contributed by atoms with Gasteiger partial charge in [0.25, 0.3) is 0 Å². The Morgan fingerprint density at radius 3 is 1.71 bits per heavy atom. The van der Waals surface area contributed by atoms with Gasteiger partial charge < -0.3 is 15.3 Å². The second kappa shape index (κ2) is 4.17. The van der Waals surface area contributed by atoms with Crippen molar-refractivity contribution in [3.8, 4) is 5.75 Å². The van der Waals surface area contributed by atoms with E-state index in [1.807, 2.05) is 0 Å². The van der Waals surface area contributed by atoms with E-state index in [0.29, 0.717) is 16.1 Å². The Hall–Kier alpha value is -0.770. The van der Waals surface area contributed by atoms with Crippen LogP contribution in [0.2, 0.25) is 5.02 Å². The van der Waals surface area contributed by atoms with Crippen molar-refractivity contribution >= 4 is 11.6 Å². The van der Waals surface area contributed by atoms with E-state index >= 15 is 0 Å². The lowest BCUT2D eigenvalue weighted by molar-refractivity contribution is 0.184. The van der Waals surface area contributed by atoms with Gasteiger partial charge in [0.1, 0.15) is 5.75 Å². The summed E-state index contributed by atoms with van der Waals surface area (Å²) in [4.78, 5) is 0. The summed E-state index contributed by atoms with van der Waals surface area (Å²) in [6, 6.07) is 2.96. The fourth-order valence-corrected chi connectivity index (χ4v) is 1.51. The molecule has 3 N–H and O–H groups in total. The van der Waals surface area contributed by atoms with Crippen LogP contribution >= 0.6 is 11.6 Å². The van der Waals surface area contributed by atoms with Crippen molar-refractivity contribution in [2.45, 2.75) is 26.1 Å². The van der Waals surface area contributed by atoms with Crippen LogP contribution in [0.5, 0.6) is 5.75 Å². The Morgan fingerprint density at radius 2 is 1.43 bits per heavy atom. The number of phenolic OH excluding ortho intramolecular Hbond substituents is 1. The first-order chi connectivity index (χ1) is 6.43. The number of aliphatic hydroxyl groups excluding tert-OH is 2. The first kappa shape index (κ1) is 11.3. The van der Waals surface area contributed by atoms with Crippen LogP contribution in [0.4, 0.5) is 0 Å². The van der Waals surface area contributed by atoms with Gasteiger partial charge in [-0.3, -0.25) is 0 Å². The molecule has 1 rings (SSSR count). The summed E-state index contributed by atoms with van der Waals surface area (Å²) in [5.41, 5.74) is 0.654. The molecule has 14 heavy (non-hydrogen) atoms. The summed E-state index contributed by atoms with van der Waals surface area (Å²) < 4.78 is 0. The van der Waals surface area contributed by atoms with Crippen molar-refractivity contribution in [2.75, 3.05) is 0 Å². The molecule has 0 aliphatic heterocycles. The maximum Gasteiger partial charge on any atom is 0.127 e. The van der Waals surface area contributed by atoms with Crippen LogP contribution in [-0.2, 0) is 0 Å². The minimum atomic E-state index is -0.814. The molecule has 0 heterocycles. The van der Waals surface area contributed by atoms with E-state index in [-0.39, 0.29) is 5.75 Å². The quantitative estimate of drug-likeness (QED) is 0.710. The van der Waals surface area contributed by atoms with Gasteiger partial charge in [-0.05, 0) is 26.0 Å². The Bertz CT molecular complexity index is 305. The van der Waals surface area contributed by atoms with Gasteiger partial charge in [0.2, 0.25) is 0 Å². The Kier molecular flexibility index (Phi) is 3.37. The number of aromatic hydroxyl groups is 1. The zero-order valence-electron chi connectivity index (χ0n) is 8.03. The molecular formula is C10H13ClO3. The maximum absolute atomic E-state index is 9.68. The van der Waals surface area contributed by atoms with Crippen molar-refractivity contribution in [2.24, 2.45) is 0 Å². The van der Waals surface area contributed by atoms with E-state index < -0.39 is 12.2 Å². The van der Waals surface area contributed by atoms with Crippen molar-refractivity contribution in [1.29, 1.82) is 0 Å². The molecule has 2 unspecified atom stereocenters. The van der Waals surface area contributed by atoms with E-state index in [0.717, 1.165) is 0 Å². The number of hydrogen-bond donors (Lipinski definition) is 3. The van der Waals surface area contributed by atoms with Crippen LogP contribution in [-0.4, -0.2) is 15.3 Å². The van der Waals surface area contributed by atoms with E-state index in [9.17, 15) is 15.3 Å². The van der Waals surface area contributed by atoms with Gasteiger partial charge >= 0.3 is 0 Å². The monoisotopic (exact) mass is 216 g/mol. The summed E-state index contributed by atoms with van der Waals surface area (Å²) in [6.07, 6.45) is -1.63. The highest BCUT2D eigenvalue weighted by Crippen LogP contribution is 2.34. The summed E-state index contributed by atoms with van der Waals surface area (Å²) in [7, 11) is 0. The third-order valence-electron chi connectivity index (χ3n) is 2.03. The number of hydrogen-bond acceptors (Lipinski definition) is 3. The summed E-state index contributed by atoms with van der Waals surface area (Å²) >= 11 is 5.78. The average molecular weight is 217 g/mol. The number of rotatable bonds is 2. The number of halogens is 1. The lowest BCUT2D eigenvalue weighted by atomic mass is 10.0. The molecule has 0 saturated heterocycles. The number of phenols is 1. The molecule has 78 valence electrons. The fourth-order valence-electron chi connectivity index (χ4n) is 1.28. The van der Waals surface area contributed by atoms with Crippen LogP contribution < -0.4 is 0 Å². The first-order valence-electron chi connectivity index (χ1n) is 4.32. The molecule has 0 amide bonds. The van der Waals surface area contributed by atoms with Gasteiger partial charge in [0.05, 0.1) is 12.2 Å². The normalized spacial score (nSPS) is 15.2. The van der Waals surface area contributed by atoms with Crippen LogP contribution in [0.15, 0.2) is 12.1 Å². The molecule has 0 aliphatic rings. The minimum absolute atomic E-state index is 0.0978. The van der Waals surface area contributed by atoms with Crippen molar-refractivity contribution in [3.05, 3.63) is 28.3 Å². The van der Waals surface area contributed by atoms with E-state index in [1.165, 1.54) is 26.0 Å². The highest BCUT2D eigenvalue weighted by molar-refractivity contribution is 6.30. The second-order valence-corrected chi connectivity index (χ2v) is 3.72. The molecule has 0 radical (unpaired) electrons. The van der Waals surface area contributed by atoms with Crippen LogP contribution in [0.3, 0.4) is 0 Å². The first-order valence-corrected chi connectivity index (χ1v) is 4.69. The molecule has 0 aliphatic carbocycles. The molecule has 0 aromatic heterocycles. The third kappa shape index (κ3) is 2.18. The minimum Gasteiger partial charge on any atom is -0.507 e. The predicted octanol–water partition coefficient (Wildman–Crippen LogP) is 2.15. The van der Waals surface area contributed by atoms with Gasteiger partial charge in [0, 0.05) is 16.1 Å². The third-order valence-corrected chi connectivity index (χ3v) is 2.25. The second-order valence-electron chi connectivity index (χ2n) is 3.28. The number of benzene rings is 1. The van der Waals surface area contributed by atoms with Crippen molar-refractivity contribution in [3.63, 3.8) is 0 Å². The smallest absolute Gasteiger partial charge is 0.127 e. The Labute approximate surface area is 87.6 Å². The Balaban J connectivity index is 3.32. The summed E-state index contributed by atoms with van der Waals surface area (Å²) in [5, 5.41) is 28.7. The molecule has 0 saturated carbocycles.